The Morgan fingerprint density at radius 3 is 2.93 bits per heavy atom. The number of carbonyl (C=O) groups is 2. The van der Waals surface area contributed by atoms with Crippen molar-refractivity contribution in [2.24, 2.45) is 5.41 Å². The molecule has 1 aliphatic carbocycles. The normalized spacial score (nSPS) is 40.9. The smallest absolute Gasteiger partial charge is 0.410 e. The average Bonchev–Trinajstić information content (AvgIpc) is 2.72. The van der Waals surface area contributed by atoms with Gasteiger partial charge in [0.1, 0.15) is 6.61 Å². The Kier molecular flexibility index (Phi) is 1.47. The van der Waals surface area contributed by atoms with Crippen LogP contribution in [-0.4, -0.2) is 42.3 Å². The minimum absolute atomic E-state index is 0.155. The summed E-state index contributed by atoms with van der Waals surface area (Å²) in [4.78, 5) is 24.8. The molecule has 0 radical (unpaired) electrons. The highest BCUT2D eigenvalue weighted by molar-refractivity contribution is 5.84. The van der Waals surface area contributed by atoms with Crippen LogP contribution in [0.5, 0.6) is 0 Å². The lowest BCUT2D eigenvalue weighted by Crippen LogP contribution is -2.52. The second kappa shape index (κ2) is 2.46. The largest absolute Gasteiger partial charge is 0.466 e. The summed E-state index contributed by atoms with van der Waals surface area (Å²) in [5.41, 5.74) is -0.598. The molecule has 0 aromatic carbocycles. The van der Waals surface area contributed by atoms with E-state index in [-0.39, 0.29) is 17.6 Å². The SMILES string of the molecule is CCOC(=O)C12CN3C(=O)OCC3(C1)C2. The van der Waals surface area contributed by atoms with E-state index < -0.39 is 5.41 Å². The van der Waals surface area contributed by atoms with E-state index in [1.54, 1.807) is 11.8 Å². The molecule has 82 valence electrons. The molecule has 0 aromatic heterocycles. The molecule has 5 nitrogen and oxygen atoms in total. The van der Waals surface area contributed by atoms with Crippen LogP contribution < -0.4 is 0 Å². The van der Waals surface area contributed by atoms with Crippen molar-refractivity contribution in [3.8, 4) is 0 Å². The van der Waals surface area contributed by atoms with Crippen molar-refractivity contribution in [1.82, 2.24) is 4.90 Å². The number of esters is 1. The number of cyclic esters (lactones) is 1. The molecule has 0 unspecified atom stereocenters. The first kappa shape index (κ1) is 9.00. The molecule has 1 saturated carbocycles. The van der Waals surface area contributed by atoms with E-state index in [0.717, 1.165) is 0 Å². The van der Waals surface area contributed by atoms with Crippen LogP contribution in [0.2, 0.25) is 0 Å². The third-order valence-electron chi connectivity index (χ3n) is 3.76. The molecular formula is C10H13NO4. The van der Waals surface area contributed by atoms with Gasteiger partial charge in [-0.25, -0.2) is 4.79 Å². The van der Waals surface area contributed by atoms with Crippen LogP contribution in [0.4, 0.5) is 4.79 Å². The molecule has 1 spiro atoms. The summed E-state index contributed by atoms with van der Waals surface area (Å²) in [5.74, 6) is -0.155. The van der Waals surface area contributed by atoms with Gasteiger partial charge in [0.05, 0.1) is 17.6 Å². The Hall–Kier alpha value is -1.26. The highest BCUT2D eigenvalue weighted by Crippen LogP contribution is 2.62. The van der Waals surface area contributed by atoms with Gasteiger partial charge in [-0.1, -0.05) is 0 Å². The van der Waals surface area contributed by atoms with Gasteiger partial charge in [-0.15, -0.1) is 0 Å². The molecule has 0 N–H and O–H groups in total. The van der Waals surface area contributed by atoms with Gasteiger partial charge in [-0.3, -0.25) is 9.69 Å². The monoisotopic (exact) mass is 211 g/mol. The molecule has 3 heterocycles. The Morgan fingerprint density at radius 1 is 1.60 bits per heavy atom. The van der Waals surface area contributed by atoms with E-state index in [9.17, 15) is 9.59 Å². The van der Waals surface area contributed by atoms with Crippen molar-refractivity contribution >= 4 is 12.1 Å². The highest BCUT2D eigenvalue weighted by atomic mass is 16.6. The lowest BCUT2D eigenvalue weighted by Gasteiger charge is -2.41. The van der Waals surface area contributed by atoms with Gasteiger partial charge in [0.2, 0.25) is 0 Å². The van der Waals surface area contributed by atoms with Gasteiger partial charge >= 0.3 is 12.1 Å². The third kappa shape index (κ3) is 0.885. The Morgan fingerprint density at radius 2 is 2.33 bits per heavy atom. The second-order valence-corrected chi connectivity index (χ2v) is 4.72. The van der Waals surface area contributed by atoms with Crippen LogP contribution in [0, 0.1) is 5.41 Å². The summed E-state index contributed by atoms with van der Waals surface area (Å²) in [6, 6.07) is 0. The average molecular weight is 211 g/mol. The fourth-order valence-electron chi connectivity index (χ4n) is 3.19. The van der Waals surface area contributed by atoms with Crippen LogP contribution in [-0.2, 0) is 14.3 Å². The zero-order valence-electron chi connectivity index (χ0n) is 8.62. The van der Waals surface area contributed by atoms with Crippen LogP contribution in [0.25, 0.3) is 0 Å². The van der Waals surface area contributed by atoms with E-state index >= 15 is 0 Å². The molecule has 4 rings (SSSR count). The van der Waals surface area contributed by atoms with Crippen molar-refractivity contribution in [2.45, 2.75) is 25.3 Å². The lowest BCUT2D eigenvalue weighted by atomic mass is 9.62. The maximum Gasteiger partial charge on any atom is 0.410 e. The number of carbonyl (C=O) groups excluding carboxylic acids is 2. The van der Waals surface area contributed by atoms with E-state index in [1.807, 2.05) is 0 Å². The second-order valence-electron chi connectivity index (χ2n) is 4.72. The number of nitrogens with zero attached hydrogens (tertiary/aromatic N) is 1. The number of ether oxygens (including phenoxy) is 2. The number of amides is 1. The first-order valence-electron chi connectivity index (χ1n) is 5.24. The predicted molar refractivity (Wildman–Crippen MR) is 49.1 cm³/mol. The fourth-order valence-corrected chi connectivity index (χ4v) is 3.19. The van der Waals surface area contributed by atoms with E-state index in [2.05, 4.69) is 0 Å². The van der Waals surface area contributed by atoms with Crippen molar-refractivity contribution in [2.75, 3.05) is 19.8 Å². The van der Waals surface area contributed by atoms with Crippen LogP contribution in [0.3, 0.4) is 0 Å². The number of hydrogen-bond acceptors (Lipinski definition) is 4. The van der Waals surface area contributed by atoms with Gasteiger partial charge in [0.15, 0.2) is 0 Å². The topological polar surface area (TPSA) is 55.8 Å². The maximum atomic E-state index is 11.7. The van der Waals surface area contributed by atoms with Crippen LogP contribution in [0.15, 0.2) is 0 Å². The molecule has 2 bridgehead atoms. The zero-order valence-corrected chi connectivity index (χ0v) is 8.62. The standard InChI is InChI=1S/C10H13NO4/c1-2-14-7(12)9-3-10(4-9)6-15-8(13)11(10)5-9/h2-6H2,1H3. The predicted octanol–water partition coefficient (Wildman–Crippen LogP) is 0.534. The van der Waals surface area contributed by atoms with E-state index in [1.165, 1.54) is 0 Å². The minimum Gasteiger partial charge on any atom is -0.466 e. The summed E-state index contributed by atoms with van der Waals surface area (Å²) in [7, 11) is 0. The Labute approximate surface area is 87.3 Å². The van der Waals surface area contributed by atoms with Crippen molar-refractivity contribution < 1.29 is 19.1 Å². The molecule has 15 heavy (non-hydrogen) atoms. The molecular weight excluding hydrogens is 198 g/mol. The number of rotatable bonds is 2. The quantitative estimate of drug-likeness (QED) is 0.625. The molecule has 3 aliphatic heterocycles. The van der Waals surface area contributed by atoms with Gasteiger partial charge in [-0.2, -0.15) is 0 Å². The van der Waals surface area contributed by atoms with Crippen molar-refractivity contribution in [1.29, 1.82) is 0 Å². The van der Waals surface area contributed by atoms with Gasteiger partial charge in [-0.05, 0) is 19.8 Å². The first-order valence-corrected chi connectivity index (χ1v) is 5.24. The molecule has 5 heteroatoms. The summed E-state index contributed by atoms with van der Waals surface area (Å²) < 4.78 is 10.0. The molecule has 4 aliphatic rings. The third-order valence-corrected chi connectivity index (χ3v) is 3.76. The summed E-state index contributed by atoms with van der Waals surface area (Å²) in [6.07, 6.45) is 1.15. The summed E-state index contributed by atoms with van der Waals surface area (Å²) in [5, 5.41) is 0. The summed E-state index contributed by atoms with van der Waals surface area (Å²) >= 11 is 0. The van der Waals surface area contributed by atoms with E-state index in [4.69, 9.17) is 9.47 Å². The molecule has 4 fully saturated rings. The van der Waals surface area contributed by atoms with Gasteiger partial charge in [0, 0.05) is 6.54 Å². The van der Waals surface area contributed by atoms with Crippen LogP contribution in [0.1, 0.15) is 19.8 Å². The lowest BCUT2D eigenvalue weighted by molar-refractivity contribution is -0.160. The molecule has 0 atom stereocenters. The van der Waals surface area contributed by atoms with Gasteiger partial charge < -0.3 is 9.47 Å². The summed E-state index contributed by atoms with van der Waals surface area (Å²) in [6.45, 7) is 3.11. The van der Waals surface area contributed by atoms with Crippen molar-refractivity contribution in [3.63, 3.8) is 0 Å². The van der Waals surface area contributed by atoms with Crippen LogP contribution >= 0.6 is 0 Å². The first-order chi connectivity index (χ1) is 7.12. The molecule has 1 amide bonds. The van der Waals surface area contributed by atoms with Crippen molar-refractivity contribution in [3.05, 3.63) is 0 Å². The Balaban J connectivity index is 1.81. The highest BCUT2D eigenvalue weighted by Gasteiger charge is 2.73. The maximum absolute atomic E-state index is 11.7. The van der Waals surface area contributed by atoms with E-state index in [0.29, 0.717) is 32.6 Å². The minimum atomic E-state index is -0.421. The number of hydrogen-bond donors (Lipinski definition) is 0. The van der Waals surface area contributed by atoms with Gasteiger partial charge in [0.25, 0.3) is 0 Å². The molecule has 0 aromatic rings. The Bertz CT molecular complexity index is 345. The zero-order chi connectivity index (χ0) is 10.7. The molecule has 3 saturated heterocycles. The fraction of sp³-hybridized carbons (Fsp3) is 0.800.